The fourth-order valence-electron chi connectivity index (χ4n) is 4.36. The summed E-state index contributed by atoms with van der Waals surface area (Å²) in [5.74, 6) is -0.286. The van der Waals surface area contributed by atoms with E-state index >= 15 is 0 Å². The predicted octanol–water partition coefficient (Wildman–Crippen LogP) is 6.76. The van der Waals surface area contributed by atoms with E-state index in [0.717, 1.165) is 44.1 Å². The summed E-state index contributed by atoms with van der Waals surface area (Å²) in [6.45, 7) is 2.18. The van der Waals surface area contributed by atoms with E-state index < -0.39 is 0 Å². The molecule has 0 saturated heterocycles. The number of carbonyl (C=O) groups is 1. The van der Waals surface area contributed by atoms with Gasteiger partial charge in [-0.2, -0.15) is 0 Å². The van der Waals surface area contributed by atoms with E-state index in [1.54, 1.807) is 0 Å². The van der Waals surface area contributed by atoms with Crippen LogP contribution in [-0.2, 0) is 11.2 Å². The summed E-state index contributed by atoms with van der Waals surface area (Å²) in [6, 6.07) is 30.8. The van der Waals surface area contributed by atoms with E-state index in [-0.39, 0.29) is 5.97 Å². The molecule has 0 saturated carbocycles. The Labute approximate surface area is 181 Å². The van der Waals surface area contributed by atoms with Crippen LogP contribution in [0.2, 0.25) is 0 Å². The van der Waals surface area contributed by atoms with Crippen molar-refractivity contribution in [2.45, 2.75) is 13.3 Å². The second-order valence-electron chi connectivity index (χ2n) is 7.62. The summed E-state index contributed by atoms with van der Waals surface area (Å²) in [7, 11) is 0. The van der Waals surface area contributed by atoms with Crippen LogP contribution in [-0.4, -0.2) is 17.6 Å². The number of hydrogen-bond acceptors (Lipinski definition) is 2. The van der Waals surface area contributed by atoms with Crippen LogP contribution in [0.15, 0.2) is 91.0 Å². The van der Waals surface area contributed by atoms with Gasteiger partial charge in [0.1, 0.15) is 0 Å². The first-order chi connectivity index (χ1) is 15.3. The van der Waals surface area contributed by atoms with Crippen molar-refractivity contribution in [3.8, 4) is 11.1 Å². The van der Waals surface area contributed by atoms with Gasteiger partial charge < -0.3 is 9.72 Å². The predicted molar refractivity (Wildman–Crippen MR) is 126 cm³/mol. The Bertz CT molecular complexity index is 1370. The zero-order chi connectivity index (χ0) is 21.2. The highest BCUT2D eigenvalue weighted by Gasteiger charge is 2.23. The number of para-hydroxylation sites is 1. The number of benzene rings is 4. The first-order valence-electron chi connectivity index (χ1n) is 10.6. The van der Waals surface area contributed by atoms with Gasteiger partial charge >= 0.3 is 5.97 Å². The van der Waals surface area contributed by atoms with Gasteiger partial charge in [-0.1, -0.05) is 78.9 Å². The maximum absolute atomic E-state index is 13.1. The maximum Gasteiger partial charge on any atom is 0.338 e. The van der Waals surface area contributed by atoms with Crippen molar-refractivity contribution in [2.24, 2.45) is 0 Å². The number of hydrogen-bond donors (Lipinski definition) is 1. The minimum atomic E-state index is -0.286. The van der Waals surface area contributed by atoms with Gasteiger partial charge in [0.05, 0.1) is 12.2 Å². The second kappa shape index (κ2) is 8.11. The summed E-state index contributed by atoms with van der Waals surface area (Å²) in [5.41, 5.74) is 6.94. The molecule has 1 heterocycles. The molecule has 0 aliphatic rings. The summed E-state index contributed by atoms with van der Waals surface area (Å²) < 4.78 is 5.47. The minimum Gasteiger partial charge on any atom is -0.462 e. The van der Waals surface area contributed by atoms with Crippen LogP contribution in [0.4, 0.5) is 0 Å². The fourth-order valence-corrected chi connectivity index (χ4v) is 4.36. The average molecular weight is 405 g/mol. The van der Waals surface area contributed by atoms with E-state index in [1.807, 2.05) is 55.5 Å². The quantitative estimate of drug-likeness (QED) is 0.328. The van der Waals surface area contributed by atoms with Crippen molar-refractivity contribution in [1.29, 1.82) is 0 Å². The molecule has 31 heavy (non-hydrogen) atoms. The highest BCUT2D eigenvalue weighted by Crippen LogP contribution is 2.40. The Morgan fingerprint density at radius 2 is 1.52 bits per heavy atom. The molecule has 0 spiro atoms. The molecule has 5 rings (SSSR count). The topological polar surface area (TPSA) is 42.1 Å². The molecule has 0 unspecified atom stereocenters. The molecule has 1 aromatic heterocycles. The lowest BCUT2D eigenvalue weighted by molar-refractivity contribution is 0.0525. The smallest absolute Gasteiger partial charge is 0.338 e. The van der Waals surface area contributed by atoms with Crippen LogP contribution < -0.4 is 0 Å². The molecular weight excluding hydrogens is 382 g/mol. The maximum atomic E-state index is 13.1. The number of esters is 1. The monoisotopic (exact) mass is 405 g/mol. The van der Waals surface area contributed by atoms with E-state index in [2.05, 4.69) is 47.4 Å². The third-order valence-electron chi connectivity index (χ3n) is 5.68. The molecule has 0 radical (unpaired) electrons. The van der Waals surface area contributed by atoms with Crippen molar-refractivity contribution < 1.29 is 9.53 Å². The van der Waals surface area contributed by atoms with Crippen LogP contribution in [0.1, 0.15) is 28.4 Å². The number of ether oxygens (including phenoxy) is 1. The van der Waals surface area contributed by atoms with E-state index in [4.69, 9.17) is 4.74 Å². The Kier molecular flexibility index (Phi) is 5.01. The number of aromatic nitrogens is 1. The number of nitrogens with one attached hydrogen (secondary N) is 1. The summed E-state index contributed by atoms with van der Waals surface area (Å²) in [6.07, 6.45) is 0.647. The molecule has 0 atom stereocenters. The molecular formula is C28H23NO2. The molecule has 0 amide bonds. The Morgan fingerprint density at radius 3 is 2.26 bits per heavy atom. The first kappa shape index (κ1) is 19.1. The standard InChI is InChI=1S/C28H23NO2/c1-2-31-28(30)23-18-25-27(21-15-9-10-16-24(21)29-25)26(20-13-7-4-8-14-20)22(23)17-19-11-5-3-6-12-19/h3-16,18,29H,2,17H2,1H3. The molecule has 5 aromatic rings. The van der Waals surface area contributed by atoms with Gasteiger partial charge in [-0.05, 0) is 47.7 Å². The average Bonchev–Trinajstić information content (AvgIpc) is 3.18. The molecule has 0 aliphatic heterocycles. The van der Waals surface area contributed by atoms with Gasteiger partial charge in [-0.3, -0.25) is 0 Å². The number of carbonyl (C=O) groups excluding carboxylic acids is 1. The molecule has 152 valence electrons. The molecule has 3 heteroatoms. The summed E-state index contributed by atoms with van der Waals surface area (Å²) in [5, 5.41) is 2.29. The van der Waals surface area contributed by atoms with Crippen molar-refractivity contribution in [3.63, 3.8) is 0 Å². The summed E-state index contributed by atoms with van der Waals surface area (Å²) in [4.78, 5) is 16.6. The third-order valence-corrected chi connectivity index (χ3v) is 5.68. The van der Waals surface area contributed by atoms with Crippen molar-refractivity contribution in [1.82, 2.24) is 4.98 Å². The number of fused-ring (bicyclic) bond motifs is 3. The van der Waals surface area contributed by atoms with Crippen LogP contribution in [0, 0.1) is 0 Å². The highest BCUT2D eigenvalue weighted by atomic mass is 16.5. The normalized spacial score (nSPS) is 11.1. The molecule has 0 aliphatic carbocycles. The first-order valence-corrected chi connectivity index (χ1v) is 10.6. The van der Waals surface area contributed by atoms with Gasteiger partial charge in [-0.15, -0.1) is 0 Å². The van der Waals surface area contributed by atoms with Gasteiger partial charge in [0.2, 0.25) is 0 Å². The lowest BCUT2D eigenvalue weighted by atomic mass is 9.87. The molecule has 4 aromatic carbocycles. The van der Waals surface area contributed by atoms with Gasteiger partial charge in [0.25, 0.3) is 0 Å². The zero-order valence-electron chi connectivity index (χ0n) is 17.4. The van der Waals surface area contributed by atoms with Crippen molar-refractivity contribution >= 4 is 27.8 Å². The van der Waals surface area contributed by atoms with Crippen LogP contribution in [0.3, 0.4) is 0 Å². The van der Waals surface area contributed by atoms with E-state index in [1.165, 1.54) is 0 Å². The number of aromatic amines is 1. The Morgan fingerprint density at radius 1 is 0.839 bits per heavy atom. The molecule has 3 nitrogen and oxygen atoms in total. The van der Waals surface area contributed by atoms with Gasteiger partial charge in [-0.25, -0.2) is 4.79 Å². The summed E-state index contributed by atoms with van der Waals surface area (Å²) >= 11 is 0. The second-order valence-corrected chi connectivity index (χ2v) is 7.62. The zero-order valence-corrected chi connectivity index (χ0v) is 17.4. The van der Waals surface area contributed by atoms with Crippen molar-refractivity contribution in [2.75, 3.05) is 6.61 Å². The third kappa shape index (κ3) is 3.49. The lowest BCUT2D eigenvalue weighted by Crippen LogP contribution is -2.10. The number of H-pyrrole nitrogens is 1. The fraction of sp³-hybridized carbons (Fsp3) is 0.107. The molecule has 0 bridgehead atoms. The Hall–Kier alpha value is -3.85. The number of rotatable bonds is 5. The van der Waals surface area contributed by atoms with E-state index in [9.17, 15) is 4.79 Å². The van der Waals surface area contributed by atoms with E-state index in [0.29, 0.717) is 18.6 Å². The van der Waals surface area contributed by atoms with Crippen LogP contribution in [0.25, 0.3) is 32.9 Å². The lowest BCUT2D eigenvalue weighted by Gasteiger charge is -2.17. The van der Waals surface area contributed by atoms with Crippen molar-refractivity contribution in [3.05, 3.63) is 108 Å². The Balaban J connectivity index is 1.90. The molecule has 0 fully saturated rings. The van der Waals surface area contributed by atoms with Crippen LogP contribution >= 0.6 is 0 Å². The van der Waals surface area contributed by atoms with Gasteiger partial charge in [0.15, 0.2) is 0 Å². The highest BCUT2D eigenvalue weighted by molar-refractivity contribution is 6.17. The van der Waals surface area contributed by atoms with Gasteiger partial charge in [0, 0.05) is 21.8 Å². The van der Waals surface area contributed by atoms with Crippen LogP contribution in [0.5, 0.6) is 0 Å². The SMILES string of the molecule is CCOC(=O)c1cc2[nH]c3ccccc3c2c(-c2ccccc2)c1Cc1ccccc1. The largest absolute Gasteiger partial charge is 0.462 e. The minimum absolute atomic E-state index is 0.286. The molecule has 1 N–H and O–H groups in total.